The number of nitrogens with one attached hydrogen (secondary N) is 1. The molecular formula is C15H17N3O. The molecule has 3 rings (SSSR count). The third-order valence-corrected chi connectivity index (χ3v) is 3.44. The van der Waals surface area contributed by atoms with Gasteiger partial charge in [-0.05, 0) is 50.2 Å². The van der Waals surface area contributed by atoms with Crippen molar-refractivity contribution in [3.8, 4) is 5.69 Å². The second-order valence-electron chi connectivity index (χ2n) is 4.94. The fourth-order valence-corrected chi connectivity index (χ4v) is 2.27. The molecule has 1 heterocycles. The molecule has 0 spiro atoms. The number of carbonyl (C=O) groups excluding carboxylic acids is 1. The van der Waals surface area contributed by atoms with Gasteiger partial charge in [0.1, 0.15) is 0 Å². The summed E-state index contributed by atoms with van der Waals surface area (Å²) in [5, 5.41) is 7.25. The van der Waals surface area contributed by atoms with Crippen molar-refractivity contribution in [1.29, 1.82) is 0 Å². The van der Waals surface area contributed by atoms with Crippen LogP contribution in [0.5, 0.6) is 0 Å². The highest BCUT2D eigenvalue weighted by molar-refractivity contribution is 5.97. The van der Waals surface area contributed by atoms with Crippen LogP contribution in [0, 0.1) is 0 Å². The summed E-state index contributed by atoms with van der Waals surface area (Å²) in [5.74, 6) is 0.769. The minimum Gasteiger partial charge on any atom is -0.313 e. The van der Waals surface area contributed by atoms with Crippen LogP contribution in [-0.4, -0.2) is 29.2 Å². The quantitative estimate of drug-likeness (QED) is 0.833. The Hall–Kier alpha value is -1.94. The average Bonchev–Trinajstić information content (AvgIpc) is 3.17. The van der Waals surface area contributed by atoms with Crippen LogP contribution >= 0.6 is 0 Å². The molecule has 1 N–H and O–H groups in total. The Morgan fingerprint density at radius 3 is 2.68 bits per heavy atom. The van der Waals surface area contributed by atoms with E-state index in [1.165, 1.54) is 18.5 Å². The zero-order chi connectivity index (χ0) is 13.2. The number of rotatable bonds is 5. The predicted octanol–water partition coefficient (Wildman–Crippen LogP) is 2.15. The Balaban J connectivity index is 1.85. The lowest BCUT2D eigenvalue weighted by molar-refractivity contribution is 0.0993. The largest absolute Gasteiger partial charge is 0.313 e. The Morgan fingerprint density at radius 1 is 1.32 bits per heavy atom. The van der Waals surface area contributed by atoms with E-state index in [4.69, 9.17) is 0 Å². The molecule has 19 heavy (non-hydrogen) atoms. The number of nitrogens with zero attached hydrogens (tertiary/aromatic N) is 2. The summed E-state index contributed by atoms with van der Waals surface area (Å²) in [6.45, 7) is 0.369. The molecule has 1 aromatic carbocycles. The van der Waals surface area contributed by atoms with E-state index in [-0.39, 0.29) is 5.78 Å². The Kier molecular flexibility index (Phi) is 3.17. The normalized spacial score (nSPS) is 14.6. The molecule has 0 radical (unpaired) electrons. The van der Waals surface area contributed by atoms with Crippen molar-refractivity contribution in [2.45, 2.75) is 18.8 Å². The van der Waals surface area contributed by atoms with Gasteiger partial charge in [-0.15, -0.1) is 0 Å². The van der Waals surface area contributed by atoms with Gasteiger partial charge in [0, 0.05) is 23.4 Å². The van der Waals surface area contributed by atoms with Gasteiger partial charge in [0.2, 0.25) is 0 Å². The molecule has 0 atom stereocenters. The van der Waals surface area contributed by atoms with Crippen molar-refractivity contribution < 1.29 is 4.79 Å². The van der Waals surface area contributed by atoms with Crippen LogP contribution in [0.1, 0.15) is 34.8 Å². The highest BCUT2D eigenvalue weighted by Crippen LogP contribution is 2.40. The maximum atomic E-state index is 11.7. The van der Waals surface area contributed by atoms with Crippen molar-refractivity contribution in [1.82, 2.24) is 15.1 Å². The van der Waals surface area contributed by atoms with E-state index < -0.39 is 0 Å². The highest BCUT2D eigenvalue weighted by atomic mass is 16.1. The van der Waals surface area contributed by atoms with Crippen LogP contribution in [0.3, 0.4) is 0 Å². The topological polar surface area (TPSA) is 46.9 Å². The lowest BCUT2D eigenvalue weighted by Gasteiger charge is -2.07. The minimum atomic E-state index is 0.108. The van der Waals surface area contributed by atoms with Gasteiger partial charge in [-0.3, -0.25) is 4.79 Å². The Morgan fingerprint density at radius 2 is 2.05 bits per heavy atom. The van der Waals surface area contributed by atoms with E-state index in [9.17, 15) is 4.79 Å². The fourth-order valence-electron chi connectivity index (χ4n) is 2.27. The first kappa shape index (κ1) is 12.1. The molecule has 1 saturated carbocycles. The van der Waals surface area contributed by atoms with E-state index in [2.05, 4.69) is 16.5 Å². The predicted molar refractivity (Wildman–Crippen MR) is 73.8 cm³/mol. The zero-order valence-electron chi connectivity index (χ0n) is 11.0. The summed E-state index contributed by atoms with van der Waals surface area (Å²) < 4.78 is 1.98. The molecule has 0 aliphatic heterocycles. The number of likely N-dealkylation sites (N-methyl/N-ethyl adjacent to an activating group) is 1. The molecule has 0 unspecified atom stereocenters. The van der Waals surface area contributed by atoms with E-state index >= 15 is 0 Å². The standard InChI is InChI=1S/C15H17N3O/c1-16-10-15(19)12-4-6-13(7-5-12)18-14(8-9-17-18)11-2-3-11/h4-9,11,16H,2-3,10H2,1H3. The summed E-state index contributed by atoms with van der Waals surface area (Å²) in [5.41, 5.74) is 3.03. The second kappa shape index (κ2) is 4.97. The summed E-state index contributed by atoms with van der Waals surface area (Å²) in [6, 6.07) is 9.74. The number of benzene rings is 1. The molecule has 0 amide bonds. The number of aromatic nitrogens is 2. The molecule has 98 valence electrons. The molecular weight excluding hydrogens is 238 g/mol. The van der Waals surface area contributed by atoms with Gasteiger partial charge in [0.05, 0.1) is 12.2 Å². The lowest BCUT2D eigenvalue weighted by Crippen LogP contribution is -2.18. The van der Waals surface area contributed by atoms with Crippen LogP contribution in [0.25, 0.3) is 5.69 Å². The van der Waals surface area contributed by atoms with Gasteiger partial charge < -0.3 is 5.32 Å². The molecule has 2 aromatic rings. The third kappa shape index (κ3) is 2.44. The highest BCUT2D eigenvalue weighted by Gasteiger charge is 2.27. The average molecular weight is 255 g/mol. The fraction of sp³-hybridized carbons (Fsp3) is 0.333. The van der Waals surface area contributed by atoms with Crippen molar-refractivity contribution in [2.75, 3.05) is 13.6 Å². The van der Waals surface area contributed by atoms with Gasteiger partial charge in [0.15, 0.2) is 5.78 Å². The van der Waals surface area contributed by atoms with E-state index in [0.29, 0.717) is 12.5 Å². The molecule has 1 aliphatic rings. The van der Waals surface area contributed by atoms with Crippen molar-refractivity contribution in [3.63, 3.8) is 0 Å². The molecule has 0 bridgehead atoms. The second-order valence-corrected chi connectivity index (χ2v) is 4.94. The van der Waals surface area contributed by atoms with Crippen LogP contribution in [0.4, 0.5) is 0 Å². The van der Waals surface area contributed by atoms with Crippen LogP contribution in [0.15, 0.2) is 36.5 Å². The molecule has 1 aromatic heterocycles. The Bertz CT molecular complexity index is 582. The lowest BCUT2D eigenvalue weighted by atomic mass is 10.1. The van der Waals surface area contributed by atoms with Crippen molar-refractivity contribution in [3.05, 3.63) is 47.8 Å². The van der Waals surface area contributed by atoms with Crippen LogP contribution in [-0.2, 0) is 0 Å². The maximum absolute atomic E-state index is 11.7. The monoisotopic (exact) mass is 255 g/mol. The molecule has 4 nitrogen and oxygen atoms in total. The van der Waals surface area contributed by atoms with Gasteiger partial charge >= 0.3 is 0 Å². The maximum Gasteiger partial charge on any atom is 0.176 e. The number of carbonyl (C=O) groups is 1. The number of Topliss-reactive ketones (excluding diaryl/α,β-unsaturated/α-hetero) is 1. The van der Waals surface area contributed by atoms with E-state index in [1.54, 1.807) is 7.05 Å². The summed E-state index contributed by atoms with van der Waals surface area (Å²) in [4.78, 5) is 11.7. The Labute approximate surface area is 112 Å². The smallest absolute Gasteiger partial charge is 0.176 e. The molecule has 1 fully saturated rings. The van der Waals surface area contributed by atoms with Crippen LogP contribution in [0.2, 0.25) is 0 Å². The minimum absolute atomic E-state index is 0.108. The number of ketones is 1. The first-order chi connectivity index (χ1) is 9.29. The van der Waals surface area contributed by atoms with Gasteiger partial charge in [0.25, 0.3) is 0 Å². The molecule has 4 heteroatoms. The molecule has 1 aliphatic carbocycles. The first-order valence-corrected chi connectivity index (χ1v) is 6.62. The van der Waals surface area contributed by atoms with E-state index in [0.717, 1.165) is 11.3 Å². The van der Waals surface area contributed by atoms with Gasteiger partial charge in [-0.25, -0.2) is 4.68 Å². The summed E-state index contributed by atoms with van der Waals surface area (Å²) >= 11 is 0. The van der Waals surface area contributed by atoms with E-state index in [1.807, 2.05) is 35.1 Å². The molecule has 0 saturated heterocycles. The summed E-state index contributed by atoms with van der Waals surface area (Å²) in [6.07, 6.45) is 4.35. The van der Waals surface area contributed by atoms with Gasteiger partial charge in [-0.1, -0.05) is 0 Å². The van der Waals surface area contributed by atoms with Crippen molar-refractivity contribution >= 4 is 5.78 Å². The number of hydrogen-bond donors (Lipinski definition) is 1. The van der Waals surface area contributed by atoms with Gasteiger partial charge in [-0.2, -0.15) is 5.10 Å². The number of hydrogen-bond acceptors (Lipinski definition) is 3. The first-order valence-electron chi connectivity index (χ1n) is 6.62. The van der Waals surface area contributed by atoms with Crippen LogP contribution < -0.4 is 5.32 Å². The zero-order valence-corrected chi connectivity index (χ0v) is 11.0. The van der Waals surface area contributed by atoms with Crippen molar-refractivity contribution in [2.24, 2.45) is 0 Å². The third-order valence-electron chi connectivity index (χ3n) is 3.44. The SMILES string of the molecule is CNCC(=O)c1ccc(-n2nccc2C2CC2)cc1. The summed E-state index contributed by atoms with van der Waals surface area (Å²) in [7, 11) is 1.78.